The second-order valence-corrected chi connectivity index (χ2v) is 5.55. The maximum absolute atomic E-state index is 4.16. The van der Waals surface area contributed by atoms with E-state index >= 15 is 0 Å². The Kier molecular flexibility index (Phi) is 4.61. The molecule has 19 heavy (non-hydrogen) atoms. The third-order valence-electron chi connectivity index (χ3n) is 3.30. The van der Waals surface area contributed by atoms with Crippen LogP contribution in [0.25, 0.3) is 0 Å². The second-order valence-electron chi connectivity index (χ2n) is 4.51. The first kappa shape index (κ1) is 14.1. The number of hydrogen-bond acceptors (Lipinski definition) is 4. The minimum Gasteiger partial charge on any atom is -0.313 e. The normalized spacial score (nSPS) is 12.6. The van der Waals surface area contributed by atoms with Crippen molar-refractivity contribution in [2.24, 2.45) is 7.05 Å². The molecule has 1 unspecified atom stereocenters. The highest BCUT2D eigenvalue weighted by atomic mass is 32.2. The molecule has 1 aromatic heterocycles. The number of rotatable bonds is 5. The Balaban J connectivity index is 2.13. The Labute approximate surface area is 118 Å². The first-order valence-electron chi connectivity index (χ1n) is 6.46. The lowest BCUT2D eigenvalue weighted by atomic mass is 10.1. The second kappa shape index (κ2) is 6.21. The molecule has 0 aliphatic rings. The van der Waals surface area contributed by atoms with E-state index in [2.05, 4.69) is 46.7 Å². The van der Waals surface area contributed by atoms with Crippen LogP contribution in [0, 0.1) is 6.92 Å². The maximum atomic E-state index is 4.16. The van der Waals surface area contributed by atoms with Crippen molar-refractivity contribution in [3.8, 4) is 0 Å². The first-order valence-corrected chi connectivity index (χ1v) is 7.28. The van der Waals surface area contributed by atoms with Gasteiger partial charge in [0.25, 0.3) is 0 Å². The summed E-state index contributed by atoms with van der Waals surface area (Å²) >= 11 is 1.64. The van der Waals surface area contributed by atoms with E-state index < -0.39 is 0 Å². The number of nitrogens with zero attached hydrogens (tertiary/aromatic N) is 3. The van der Waals surface area contributed by atoms with Crippen molar-refractivity contribution in [2.75, 3.05) is 7.05 Å². The van der Waals surface area contributed by atoms with Gasteiger partial charge in [0.05, 0.1) is 0 Å². The molecule has 1 heterocycles. The molecule has 0 spiro atoms. The van der Waals surface area contributed by atoms with Crippen LogP contribution in [0.5, 0.6) is 0 Å². The van der Waals surface area contributed by atoms with Gasteiger partial charge < -0.3 is 9.88 Å². The molecular formula is C14H20N4S. The fourth-order valence-corrected chi connectivity index (χ4v) is 2.79. The van der Waals surface area contributed by atoms with Gasteiger partial charge >= 0.3 is 0 Å². The van der Waals surface area contributed by atoms with Crippen LogP contribution in [0.1, 0.15) is 30.8 Å². The van der Waals surface area contributed by atoms with Crippen LogP contribution >= 0.6 is 11.8 Å². The van der Waals surface area contributed by atoms with Gasteiger partial charge in [0.1, 0.15) is 5.82 Å². The molecule has 1 atom stereocenters. The Bertz CT molecular complexity index is 529. The summed E-state index contributed by atoms with van der Waals surface area (Å²) in [5.74, 6) is 0.931. The summed E-state index contributed by atoms with van der Waals surface area (Å²) in [6, 6.07) is 9.07. The smallest absolute Gasteiger partial charge is 0.195 e. The van der Waals surface area contributed by atoms with Crippen LogP contribution in [0.3, 0.4) is 0 Å². The van der Waals surface area contributed by atoms with Gasteiger partial charge in [-0.1, -0.05) is 19.1 Å². The largest absolute Gasteiger partial charge is 0.313 e. The minimum absolute atomic E-state index is 0.427. The summed E-state index contributed by atoms with van der Waals surface area (Å²) in [6.45, 7) is 4.14. The molecule has 5 heteroatoms. The molecule has 0 aliphatic carbocycles. The van der Waals surface area contributed by atoms with E-state index in [0.717, 1.165) is 17.4 Å². The lowest BCUT2D eigenvalue weighted by Gasteiger charge is -2.14. The Morgan fingerprint density at radius 3 is 2.42 bits per heavy atom. The number of benzene rings is 1. The van der Waals surface area contributed by atoms with Gasteiger partial charge in [-0.2, -0.15) is 0 Å². The van der Waals surface area contributed by atoms with Crippen LogP contribution < -0.4 is 5.32 Å². The maximum Gasteiger partial charge on any atom is 0.195 e. The molecule has 0 bridgehead atoms. The van der Waals surface area contributed by atoms with Crippen molar-refractivity contribution >= 4 is 11.8 Å². The molecule has 102 valence electrons. The van der Waals surface area contributed by atoms with Crippen LogP contribution in [-0.2, 0) is 7.05 Å². The SMILES string of the molecule is CCC(NC)c1ccc(Sc2nnc(C)n2C)cc1. The highest BCUT2D eigenvalue weighted by Gasteiger charge is 2.09. The van der Waals surface area contributed by atoms with Crippen molar-refractivity contribution in [1.82, 2.24) is 20.1 Å². The Hall–Kier alpha value is -1.33. The molecule has 1 aromatic carbocycles. The summed E-state index contributed by atoms with van der Waals surface area (Å²) < 4.78 is 2.00. The summed E-state index contributed by atoms with van der Waals surface area (Å²) in [6.07, 6.45) is 1.09. The van der Waals surface area contributed by atoms with E-state index in [-0.39, 0.29) is 0 Å². The predicted octanol–water partition coefficient (Wildman–Crippen LogP) is 2.95. The third-order valence-corrected chi connectivity index (χ3v) is 4.35. The van der Waals surface area contributed by atoms with E-state index in [1.807, 2.05) is 25.6 Å². The third kappa shape index (κ3) is 3.16. The van der Waals surface area contributed by atoms with E-state index in [4.69, 9.17) is 0 Å². The Morgan fingerprint density at radius 1 is 1.26 bits per heavy atom. The van der Waals surface area contributed by atoms with Crippen LogP contribution in [0.4, 0.5) is 0 Å². The fourth-order valence-electron chi connectivity index (χ4n) is 1.96. The summed E-state index contributed by atoms with van der Waals surface area (Å²) in [7, 11) is 3.99. The number of hydrogen-bond donors (Lipinski definition) is 1. The van der Waals surface area contributed by atoms with Gasteiger partial charge in [0.15, 0.2) is 5.16 Å². The summed E-state index contributed by atoms with van der Waals surface area (Å²) in [5.41, 5.74) is 1.32. The highest BCUT2D eigenvalue weighted by molar-refractivity contribution is 7.99. The van der Waals surface area contributed by atoms with Gasteiger partial charge in [-0.3, -0.25) is 0 Å². The standard InChI is InChI=1S/C14H20N4S/c1-5-13(15-3)11-6-8-12(9-7-11)19-14-17-16-10(2)18(14)4/h6-9,13,15H,5H2,1-4H3. The predicted molar refractivity (Wildman–Crippen MR) is 78.4 cm³/mol. The average Bonchev–Trinajstić information content (AvgIpc) is 2.74. The van der Waals surface area contributed by atoms with Crippen molar-refractivity contribution in [1.29, 1.82) is 0 Å². The summed E-state index contributed by atoms with van der Waals surface area (Å²) in [4.78, 5) is 1.19. The van der Waals surface area contributed by atoms with Crippen molar-refractivity contribution in [3.63, 3.8) is 0 Å². The fraction of sp³-hybridized carbons (Fsp3) is 0.429. The Morgan fingerprint density at radius 2 is 1.95 bits per heavy atom. The lowest BCUT2D eigenvalue weighted by Crippen LogP contribution is -2.14. The molecular weight excluding hydrogens is 256 g/mol. The molecule has 2 rings (SSSR count). The van der Waals surface area contributed by atoms with Gasteiger partial charge in [-0.05, 0) is 49.9 Å². The molecule has 0 fully saturated rings. The monoisotopic (exact) mass is 276 g/mol. The zero-order chi connectivity index (χ0) is 13.8. The topological polar surface area (TPSA) is 42.7 Å². The zero-order valence-corrected chi connectivity index (χ0v) is 12.7. The van der Waals surface area contributed by atoms with Gasteiger partial charge in [-0.25, -0.2) is 0 Å². The van der Waals surface area contributed by atoms with Crippen LogP contribution in [0.15, 0.2) is 34.3 Å². The molecule has 4 nitrogen and oxygen atoms in total. The quantitative estimate of drug-likeness (QED) is 0.912. The highest BCUT2D eigenvalue weighted by Crippen LogP contribution is 2.27. The molecule has 0 aliphatic heterocycles. The number of aromatic nitrogens is 3. The minimum atomic E-state index is 0.427. The molecule has 0 saturated carbocycles. The molecule has 0 amide bonds. The molecule has 0 radical (unpaired) electrons. The van der Waals surface area contributed by atoms with Crippen molar-refractivity contribution in [2.45, 2.75) is 36.4 Å². The van der Waals surface area contributed by atoms with E-state index in [1.165, 1.54) is 10.5 Å². The van der Waals surface area contributed by atoms with Crippen molar-refractivity contribution < 1.29 is 0 Å². The molecule has 1 N–H and O–H groups in total. The number of aryl methyl sites for hydroxylation is 1. The lowest BCUT2D eigenvalue weighted by molar-refractivity contribution is 0.576. The first-order chi connectivity index (χ1) is 9.15. The van der Waals surface area contributed by atoms with Gasteiger partial charge in [-0.15, -0.1) is 10.2 Å². The van der Waals surface area contributed by atoms with E-state index in [1.54, 1.807) is 11.8 Å². The van der Waals surface area contributed by atoms with Crippen LogP contribution in [0.2, 0.25) is 0 Å². The van der Waals surface area contributed by atoms with Crippen molar-refractivity contribution in [3.05, 3.63) is 35.7 Å². The van der Waals surface area contributed by atoms with E-state index in [9.17, 15) is 0 Å². The number of nitrogens with one attached hydrogen (secondary N) is 1. The molecule has 0 saturated heterocycles. The average molecular weight is 276 g/mol. The summed E-state index contributed by atoms with van der Waals surface area (Å²) in [5, 5.41) is 12.5. The van der Waals surface area contributed by atoms with Gasteiger partial charge in [0, 0.05) is 18.0 Å². The van der Waals surface area contributed by atoms with Gasteiger partial charge in [0.2, 0.25) is 0 Å². The zero-order valence-electron chi connectivity index (χ0n) is 11.8. The van der Waals surface area contributed by atoms with Crippen LogP contribution in [-0.4, -0.2) is 21.8 Å². The van der Waals surface area contributed by atoms with E-state index in [0.29, 0.717) is 6.04 Å². The molecule has 2 aromatic rings.